The van der Waals surface area contributed by atoms with Crippen LogP contribution in [0, 0.1) is 11.8 Å². The van der Waals surface area contributed by atoms with Gasteiger partial charge in [-0.2, -0.15) is 11.8 Å². The molecule has 1 atom stereocenters. The Labute approximate surface area is 106 Å². The second-order valence-electron chi connectivity index (χ2n) is 4.96. The quantitative estimate of drug-likeness (QED) is 0.657. The van der Waals surface area contributed by atoms with Gasteiger partial charge in [0, 0.05) is 11.3 Å². The highest BCUT2D eigenvalue weighted by Gasteiger charge is 2.24. The summed E-state index contributed by atoms with van der Waals surface area (Å²) in [4.78, 5) is 0. The van der Waals surface area contributed by atoms with Gasteiger partial charge in [-0.15, -0.1) is 0 Å². The molecule has 0 aromatic carbocycles. The van der Waals surface area contributed by atoms with Gasteiger partial charge in [0.05, 0.1) is 0 Å². The second kappa shape index (κ2) is 8.37. The number of hydrogen-bond acceptors (Lipinski definition) is 3. The zero-order chi connectivity index (χ0) is 12.6. The van der Waals surface area contributed by atoms with E-state index in [1.54, 1.807) is 0 Å². The van der Waals surface area contributed by atoms with E-state index in [1.807, 2.05) is 11.8 Å². The Morgan fingerprint density at radius 2 is 1.81 bits per heavy atom. The lowest BCUT2D eigenvalue weighted by molar-refractivity contribution is 0.359. The molecule has 0 aliphatic rings. The monoisotopic (exact) mass is 246 g/mol. The second-order valence-corrected chi connectivity index (χ2v) is 6.24. The first-order valence-electron chi connectivity index (χ1n) is 6.51. The first-order valence-corrected chi connectivity index (χ1v) is 7.73. The molecule has 0 aromatic heterocycles. The molecule has 0 rings (SSSR count). The minimum absolute atomic E-state index is 0.413. The molecule has 98 valence electrons. The molecule has 2 nitrogen and oxygen atoms in total. The van der Waals surface area contributed by atoms with Crippen molar-refractivity contribution >= 4 is 11.8 Å². The molecule has 0 bridgehead atoms. The molecule has 0 fully saturated rings. The normalized spacial score (nSPS) is 14.4. The SMILES string of the molecule is CCC(CC)(CNCC(CN)C(C)C)SC. The lowest BCUT2D eigenvalue weighted by Crippen LogP contribution is -2.40. The Hall–Kier alpha value is 0.270. The number of rotatable bonds is 9. The molecule has 0 aromatic rings. The first-order chi connectivity index (χ1) is 7.55. The fraction of sp³-hybridized carbons (Fsp3) is 1.00. The highest BCUT2D eigenvalue weighted by atomic mass is 32.2. The Kier molecular flexibility index (Phi) is 8.52. The maximum absolute atomic E-state index is 5.78. The summed E-state index contributed by atoms with van der Waals surface area (Å²) in [7, 11) is 0. The average molecular weight is 246 g/mol. The van der Waals surface area contributed by atoms with Crippen LogP contribution in [-0.2, 0) is 0 Å². The molecule has 0 spiro atoms. The summed E-state index contributed by atoms with van der Waals surface area (Å²) in [5, 5.41) is 3.61. The lowest BCUT2D eigenvalue weighted by Gasteiger charge is -2.31. The van der Waals surface area contributed by atoms with E-state index in [-0.39, 0.29) is 0 Å². The van der Waals surface area contributed by atoms with Crippen LogP contribution >= 0.6 is 11.8 Å². The smallest absolute Gasteiger partial charge is 0.0276 e. The van der Waals surface area contributed by atoms with E-state index in [9.17, 15) is 0 Å². The van der Waals surface area contributed by atoms with Crippen LogP contribution in [0.2, 0.25) is 0 Å². The first kappa shape index (κ1) is 16.3. The third-order valence-electron chi connectivity index (χ3n) is 3.82. The van der Waals surface area contributed by atoms with Crippen LogP contribution in [0.4, 0.5) is 0 Å². The summed E-state index contributed by atoms with van der Waals surface area (Å²) in [5.74, 6) is 1.28. The van der Waals surface area contributed by atoms with E-state index in [0.717, 1.165) is 19.6 Å². The zero-order valence-electron chi connectivity index (χ0n) is 11.7. The van der Waals surface area contributed by atoms with Gasteiger partial charge in [-0.05, 0) is 44.0 Å². The van der Waals surface area contributed by atoms with E-state index in [1.165, 1.54) is 12.8 Å². The van der Waals surface area contributed by atoms with Crippen molar-refractivity contribution in [1.82, 2.24) is 5.32 Å². The maximum Gasteiger partial charge on any atom is 0.0276 e. The number of nitrogens with two attached hydrogens (primary N) is 1. The predicted molar refractivity (Wildman–Crippen MR) is 77.1 cm³/mol. The van der Waals surface area contributed by atoms with Gasteiger partial charge in [0.2, 0.25) is 0 Å². The summed E-state index contributed by atoms with van der Waals surface area (Å²) in [5.41, 5.74) is 5.78. The summed E-state index contributed by atoms with van der Waals surface area (Å²) < 4.78 is 0.413. The summed E-state index contributed by atoms with van der Waals surface area (Å²) in [6.45, 7) is 12.0. The van der Waals surface area contributed by atoms with Crippen molar-refractivity contribution in [2.24, 2.45) is 17.6 Å². The highest BCUT2D eigenvalue weighted by Crippen LogP contribution is 2.29. The number of nitrogens with one attached hydrogen (secondary N) is 1. The minimum atomic E-state index is 0.413. The average Bonchev–Trinajstić information content (AvgIpc) is 2.30. The van der Waals surface area contributed by atoms with Crippen LogP contribution in [0.25, 0.3) is 0 Å². The molecule has 16 heavy (non-hydrogen) atoms. The van der Waals surface area contributed by atoms with Gasteiger partial charge < -0.3 is 11.1 Å². The van der Waals surface area contributed by atoms with Gasteiger partial charge in [0.25, 0.3) is 0 Å². The van der Waals surface area contributed by atoms with E-state index < -0.39 is 0 Å². The minimum Gasteiger partial charge on any atom is -0.330 e. The third kappa shape index (κ3) is 5.07. The van der Waals surface area contributed by atoms with Crippen molar-refractivity contribution in [2.75, 3.05) is 25.9 Å². The molecule has 0 saturated carbocycles. The van der Waals surface area contributed by atoms with Crippen LogP contribution in [0.3, 0.4) is 0 Å². The molecular weight excluding hydrogens is 216 g/mol. The van der Waals surface area contributed by atoms with Crippen molar-refractivity contribution in [3.63, 3.8) is 0 Å². The Morgan fingerprint density at radius 3 is 2.12 bits per heavy atom. The van der Waals surface area contributed by atoms with E-state index in [2.05, 4.69) is 39.3 Å². The molecule has 0 aliphatic heterocycles. The van der Waals surface area contributed by atoms with Crippen LogP contribution in [0.5, 0.6) is 0 Å². The fourth-order valence-electron chi connectivity index (χ4n) is 1.94. The molecule has 0 amide bonds. The van der Waals surface area contributed by atoms with Crippen molar-refractivity contribution in [2.45, 2.75) is 45.3 Å². The molecule has 0 heterocycles. The number of hydrogen-bond donors (Lipinski definition) is 2. The predicted octanol–water partition coefficient (Wildman–Crippen LogP) is 2.73. The molecule has 0 aliphatic carbocycles. The molecule has 3 heteroatoms. The zero-order valence-corrected chi connectivity index (χ0v) is 12.5. The Balaban J connectivity index is 4.02. The fourth-order valence-corrected chi connectivity index (χ4v) is 2.76. The van der Waals surface area contributed by atoms with Crippen molar-refractivity contribution in [1.29, 1.82) is 0 Å². The summed E-state index contributed by atoms with van der Waals surface area (Å²) in [6.07, 6.45) is 4.68. The summed E-state index contributed by atoms with van der Waals surface area (Å²) >= 11 is 1.99. The van der Waals surface area contributed by atoms with Crippen molar-refractivity contribution < 1.29 is 0 Å². The summed E-state index contributed by atoms with van der Waals surface area (Å²) in [6, 6.07) is 0. The third-order valence-corrected chi connectivity index (χ3v) is 5.41. The standard InChI is InChI=1S/C13H30N2S/c1-6-13(7-2,16-5)10-15-9-12(8-14)11(3)4/h11-12,15H,6-10,14H2,1-5H3. The number of thioether (sulfide) groups is 1. The van der Waals surface area contributed by atoms with E-state index in [0.29, 0.717) is 16.6 Å². The van der Waals surface area contributed by atoms with E-state index in [4.69, 9.17) is 5.73 Å². The molecule has 3 N–H and O–H groups in total. The van der Waals surface area contributed by atoms with E-state index >= 15 is 0 Å². The lowest BCUT2D eigenvalue weighted by atomic mass is 9.95. The van der Waals surface area contributed by atoms with Gasteiger partial charge in [0.15, 0.2) is 0 Å². The van der Waals surface area contributed by atoms with Crippen LogP contribution in [0.1, 0.15) is 40.5 Å². The van der Waals surface area contributed by atoms with Gasteiger partial charge in [-0.25, -0.2) is 0 Å². The van der Waals surface area contributed by atoms with Crippen LogP contribution in [-0.4, -0.2) is 30.6 Å². The van der Waals surface area contributed by atoms with Crippen LogP contribution < -0.4 is 11.1 Å². The van der Waals surface area contributed by atoms with Gasteiger partial charge in [0.1, 0.15) is 0 Å². The van der Waals surface area contributed by atoms with Crippen molar-refractivity contribution in [3.05, 3.63) is 0 Å². The molecule has 1 unspecified atom stereocenters. The Bertz CT molecular complexity index is 159. The van der Waals surface area contributed by atoms with Crippen LogP contribution in [0.15, 0.2) is 0 Å². The van der Waals surface area contributed by atoms with Gasteiger partial charge in [-0.3, -0.25) is 0 Å². The maximum atomic E-state index is 5.78. The topological polar surface area (TPSA) is 38.0 Å². The van der Waals surface area contributed by atoms with Gasteiger partial charge >= 0.3 is 0 Å². The highest BCUT2D eigenvalue weighted by molar-refractivity contribution is 8.00. The largest absolute Gasteiger partial charge is 0.330 e. The van der Waals surface area contributed by atoms with Gasteiger partial charge in [-0.1, -0.05) is 27.7 Å². The molecular formula is C13H30N2S. The molecule has 0 radical (unpaired) electrons. The Morgan fingerprint density at radius 1 is 1.25 bits per heavy atom. The molecule has 0 saturated heterocycles. The van der Waals surface area contributed by atoms with Crippen molar-refractivity contribution in [3.8, 4) is 0 Å².